The normalized spacial score (nSPS) is 12.1. The summed E-state index contributed by atoms with van der Waals surface area (Å²) in [5.74, 6) is 0. The van der Waals surface area contributed by atoms with Crippen LogP contribution in [0.2, 0.25) is 29.9 Å². The summed E-state index contributed by atoms with van der Waals surface area (Å²) < 4.78 is 1.05. The van der Waals surface area contributed by atoms with Gasteiger partial charge in [-0.15, -0.1) is 0 Å². The van der Waals surface area contributed by atoms with Gasteiger partial charge in [-0.3, -0.25) is 0 Å². The zero-order chi connectivity index (χ0) is 12.8. The summed E-state index contributed by atoms with van der Waals surface area (Å²) in [7, 11) is -1.47. The number of halogens is 3. The molecule has 17 heavy (non-hydrogen) atoms. The van der Waals surface area contributed by atoms with Crippen molar-refractivity contribution in [2.24, 2.45) is 0 Å². The van der Waals surface area contributed by atoms with Gasteiger partial charge in [0.25, 0.3) is 0 Å². The van der Waals surface area contributed by atoms with Gasteiger partial charge in [-0.25, -0.2) is 9.97 Å². The lowest BCUT2D eigenvalue weighted by atomic mass is 10.3. The van der Waals surface area contributed by atoms with E-state index in [4.69, 9.17) is 23.2 Å². The fraction of sp³-hybridized carbons (Fsp3) is 0.273. The first-order valence-corrected chi connectivity index (χ1v) is 10.5. The number of hydrogen-bond acceptors (Lipinski definition) is 2. The van der Waals surface area contributed by atoms with Gasteiger partial charge in [0.05, 0.1) is 13.6 Å². The lowest BCUT2D eigenvalue weighted by molar-refractivity contribution is 1.29. The highest BCUT2D eigenvalue weighted by atomic mass is 127. The summed E-state index contributed by atoms with van der Waals surface area (Å²) in [5.41, 5.74) is 1.74. The Labute approximate surface area is 125 Å². The van der Waals surface area contributed by atoms with Gasteiger partial charge in [-0.1, -0.05) is 48.9 Å². The molecule has 0 aliphatic carbocycles. The number of nitrogens with zero attached hydrogens (tertiary/aromatic N) is 2. The number of fused-ring (bicyclic) bond motifs is 1. The van der Waals surface area contributed by atoms with Crippen LogP contribution in [0.3, 0.4) is 0 Å². The molecule has 0 aliphatic rings. The SMILES string of the molecule is C[Si](C)(C)c1ccc(I)c2nc(Cl)c(Cl)nc12. The van der Waals surface area contributed by atoms with Crippen molar-refractivity contribution in [2.45, 2.75) is 19.6 Å². The first-order chi connectivity index (χ1) is 7.80. The zero-order valence-electron chi connectivity index (χ0n) is 9.68. The lowest BCUT2D eigenvalue weighted by Gasteiger charge is -2.18. The van der Waals surface area contributed by atoms with Crippen LogP contribution in [0.25, 0.3) is 11.0 Å². The van der Waals surface area contributed by atoms with Crippen LogP contribution in [0.1, 0.15) is 0 Å². The first kappa shape index (κ1) is 13.5. The van der Waals surface area contributed by atoms with Gasteiger partial charge in [-0.05, 0) is 33.8 Å². The molecular formula is C11H11Cl2IN2Si. The second-order valence-electron chi connectivity index (χ2n) is 4.85. The Hall–Kier alpha value is 0.0869. The third-order valence-electron chi connectivity index (χ3n) is 2.50. The minimum atomic E-state index is -1.47. The van der Waals surface area contributed by atoms with Gasteiger partial charge in [0, 0.05) is 3.57 Å². The van der Waals surface area contributed by atoms with Crippen molar-refractivity contribution < 1.29 is 0 Å². The predicted molar refractivity (Wildman–Crippen MR) is 85.3 cm³/mol. The van der Waals surface area contributed by atoms with E-state index in [-0.39, 0.29) is 10.3 Å². The van der Waals surface area contributed by atoms with Crippen molar-refractivity contribution in [3.8, 4) is 0 Å². The van der Waals surface area contributed by atoms with Gasteiger partial charge in [-0.2, -0.15) is 0 Å². The van der Waals surface area contributed by atoms with E-state index in [0.29, 0.717) is 0 Å². The third-order valence-corrected chi connectivity index (χ3v) is 6.01. The highest BCUT2D eigenvalue weighted by Gasteiger charge is 2.22. The average Bonchev–Trinajstić information content (AvgIpc) is 2.19. The summed E-state index contributed by atoms with van der Waals surface area (Å²) in [4.78, 5) is 8.74. The minimum Gasteiger partial charge on any atom is -0.231 e. The summed E-state index contributed by atoms with van der Waals surface area (Å²) in [6, 6.07) is 4.20. The smallest absolute Gasteiger partial charge is 0.167 e. The first-order valence-electron chi connectivity index (χ1n) is 5.12. The standard InChI is InChI=1S/C11H11Cl2IN2Si/c1-17(2,3)7-5-4-6(14)8-9(7)16-11(13)10(12)15-8/h4-5H,1-3H3. The molecule has 0 saturated heterocycles. The molecular weight excluding hydrogens is 386 g/mol. The summed E-state index contributed by atoms with van der Waals surface area (Å²) in [6.07, 6.45) is 0. The van der Waals surface area contributed by atoms with E-state index in [2.05, 4.69) is 64.3 Å². The lowest BCUT2D eigenvalue weighted by Crippen LogP contribution is -2.38. The Kier molecular flexibility index (Phi) is 3.69. The summed E-state index contributed by atoms with van der Waals surface area (Å²) in [5, 5.41) is 1.81. The van der Waals surface area contributed by atoms with Crippen LogP contribution in [0, 0.1) is 3.57 Å². The molecule has 0 saturated carbocycles. The average molecular weight is 397 g/mol. The van der Waals surface area contributed by atoms with Gasteiger partial charge >= 0.3 is 0 Å². The topological polar surface area (TPSA) is 25.8 Å². The second kappa shape index (κ2) is 4.64. The van der Waals surface area contributed by atoms with Crippen LogP contribution >= 0.6 is 45.8 Å². The Balaban J connectivity index is 2.90. The molecule has 90 valence electrons. The Morgan fingerprint density at radius 3 is 2.06 bits per heavy atom. The zero-order valence-corrected chi connectivity index (χ0v) is 14.4. The molecule has 2 rings (SSSR count). The molecule has 1 heterocycles. The molecule has 0 atom stereocenters. The molecule has 1 aromatic carbocycles. The molecule has 0 spiro atoms. The van der Waals surface area contributed by atoms with E-state index in [0.717, 1.165) is 14.6 Å². The van der Waals surface area contributed by atoms with Crippen molar-refractivity contribution in [2.75, 3.05) is 0 Å². The molecule has 0 amide bonds. The maximum Gasteiger partial charge on any atom is 0.167 e. The number of benzene rings is 1. The summed E-state index contributed by atoms with van der Waals surface area (Å²) >= 11 is 14.1. The fourth-order valence-electron chi connectivity index (χ4n) is 1.67. The van der Waals surface area contributed by atoms with E-state index < -0.39 is 8.07 Å². The minimum absolute atomic E-state index is 0.268. The van der Waals surface area contributed by atoms with Crippen LogP contribution in [-0.2, 0) is 0 Å². The maximum atomic E-state index is 5.97. The highest BCUT2D eigenvalue weighted by molar-refractivity contribution is 14.1. The largest absolute Gasteiger partial charge is 0.231 e. The molecule has 0 bridgehead atoms. The van der Waals surface area contributed by atoms with Gasteiger partial charge in [0.1, 0.15) is 5.52 Å². The van der Waals surface area contributed by atoms with Crippen molar-refractivity contribution in [1.29, 1.82) is 0 Å². The molecule has 0 N–H and O–H groups in total. The fourth-order valence-corrected chi connectivity index (χ4v) is 3.95. The molecule has 0 radical (unpaired) electrons. The van der Waals surface area contributed by atoms with E-state index in [1.54, 1.807) is 0 Å². The monoisotopic (exact) mass is 396 g/mol. The molecule has 2 nitrogen and oxygen atoms in total. The van der Waals surface area contributed by atoms with E-state index >= 15 is 0 Å². The van der Waals surface area contributed by atoms with Crippen molar-refractivity contribution in [3.63, 3.8) is 0 Å². The van der Waals surface area contributed by atoms with Crippen molar-refractivity contribution in [1.82, 2.24) is 9.97 Å². The van der Waals surface area contributed by atoms with E-state index in [9.17, 15) is 0 Å². The number of aromatic nitrogens is 2. The van der Waals surface area contributed by atoms with Crippen molar-refractivity contribution >= 4 is 70.1 Å². The van der Waals surface area contributed by atoms with Crippen LogP contribution < -0.4 is 5.19 Å². The molecule has 0 fully saturated rings. The Bertz CT molecular complexity index is 596. The van der Waals surface area contributed by atoms with Gasteiger partial charge in [0.15, 0.2) is 10.3 Å². The van der Waals surface area contributed by atoms with Gasteiger partial charge in [0.2, 0.25) is 0 Å². The summed E-state index contributed by atoms with van der Waals surface area (Å²) in [6.45, 7) is 6.83. The molecule has 2 aromatic rings. The van der Waals surface area contributed by atoms with E-state index in [1.165, 1.54) is 5.19 Å². The second-order valence-corrected chi connectivity index (χ2v) is 11.8. The predicted octanol–water partition coefficient (Wildman–Crippen LogP) is 4.09. The molecule has 6 heteroatoms. The number of rotatable bonds is 1. The quantitative estimate of drug-likeness (QED) is 0.536. The highest BCUT2D eigenvalue weighted by Crippen LogP contribution is 2.24. The molecule has 0 unspecified atom stereocenters. The Morgan fingerprint density at radius 2 is 1.53 bits per heavy atom. The number of hydrogen-bond donors (Lipinski definition) is 0. The van der Waals surface area contributed by atoms with Gasteiger partial charge < -0.3 is 0 Å². The molecule has 0 aliphatic heterocycles. The van der Waals surface area contributed by atoms with Crippen molar-refractivity contribution in [3.05, 3.63) is 26.0 Å². The van der Waals surface area contributed by atoms with Crippen LogP contribution in [0.4, 0.5) is 0 Å². The Morgan fingerprint density at radius 1 is 1.00 bits per heavy atom. The van der Waals surface area contributed by atoms with Crippen LogP contribution in [0.5, 0.6) is 0 Å². The molecule has 1 aromatic heterocycles. The van der Waals surface area contributed by atoms with E-state index in [1.807, 2.05) is 0 Å². The third kappa shape index (κ3) is 2.59. The van der Waals surface area contributed by atoms with Crippen LogP contribution in [-0.4, -0.2) is 18.0 Å². The maximum absolute atomic E-state index is 5.97. The van der Waals surface area contributed by atoms with Crippen LogP contribution in [0.15, 0.2) is 12.1 Å².